The van der Waals surface area contributed by atoms with Gasteiger partial charge < -0.3 is 5.32 Å². The highest BCUT2D eigenvalue weighted by Crippen LogP contribution is 2.18. The van der Waals surface area contributed by atoms with Crippen LogP contribution in [0.25, 0.3) is 0 Å². The van der Waals surface area contributed by atoms with Crippen molar-refractivity contribution in [2.45, 2.75) is 24.9 Å². The molecule has 0 amide bonds. The lowest BCUT2D eigenvalue weighted by Gasteiger charge is -2.12. The summed E-state index contributed by atoms with van der Waals surface area (Å²) in [4.78, 5) is -0.0151. The summed E-state index contributed by atoms with van der Waals surface area (Å²) in [5, 5.41) is 6.80. The Hall–Kier alpha value is -1.28. The largest absolute Gasteiger partial charge is 0.313 e. The number of hydrogen-bond donors (Lipinski definition) is 2. The predicted octanol–water partition coefficient (Wildman–Crippen LogP) is 2.48. The molecule has 0 fully saturated rings. The van der Waals surface area contributed by atoms with Gasteiger partial charge in [-0.3, -0.25) is 0 Å². The highest BCUT2D eigenvalue weighted by molar-refractivity contribution is 7.89. The third kappa shape index (κ3) is 4.34. The fourth-order valence-electron chi connectivity index (χ4n) is 1.83. The van der Waals surface area contributed by atoms with Gasteiger partial charge in [-0.25, -0.2) is 17.5 Å². The topological polar surface area (TPSA) is 58.2 Å². The minimum atomic E-state index is -3.75. The van der Waals surface area contributed by atoms with Crippen molar-refractivity contribution < 1.29 is 12.8 Å². The fraction of sp³-hybridized carbons (Fsp3) is 0.286. The van der Waals surface area contributed by atoms with E-state index in [1.54, 1.807) is 0 Å². The van der Waals surface area contributed by atoms with Gasteiger partial charge in [-0.15, -0.1) is 0 Å². The van der Waals surface area contributed by atoms with Crippen LogP contribution in [0.4, 0.5) is 4.39 Å². The van der Waals surface area contributed by atoms with Crippen LogP contribution in [0.5, 0.6) is 0 Å². The molecule has 4 nitrogen and oxygen atoms in total. The van der Waals surface area contributed by atoms with Gasteiger partial charge in [0, 0.05) is 13.1 Å². The molecule has 0 bridgehead atoms. The molecule has 2 N–H and O–H groups in total. The molecule has 0 aliphatic heterocycles. The number of nitrogens with one attached hydrogen (secondary N) is 2. The zero-order valence-corrected chi connectivity index (χ0v) is 13.2. The van der Waals surface area contributed by atoms with Gasteiger partial charge in [0.05, 0.1) is 4.90 Å². The second-order valence-corrected chi connectivity index (χ2v) is 7.00. The Morgan fingerprint density at radius 1 is 1.24 bits per heavy atom. The van der Waals surface area contributed by atoms with Gasteiger partial charge in [0.15, 0.2) is 0 Å². The third-order valence-corrected chi connectivity index (χ3v) is 5.15. The number of benzene rings is 1. The van der Waals surface area contributed by atoms with E-state index in [9.17, 15) is 12.8 Å². The molecule has 0 radical (unpaired) electrons. The van der Waals surface area contributed by atoms with E-state index in [4.69, 9.17) is 0 Å². The summed E-state index contributed by atoms with van der Waals surface area (Å²) < 4.78 is 40.6. The minimum absolute atomic E-state index is 0.0151. The smallest absolute Gasteiger partial charge is 0.241 e. The normalized spacial score (nSPS) is 11.7. The molecule has 0 aliphatic carbocycles. The van der Waals surface area contributed by atoms with Crippen molar-refractivity contribution in [1.29, 1.82) is 0 Å². The highest BCUT2D eigenvalue weighted by atomic mass is 32.2. The number of rotatable bonds is 7. The molecule has 1 aromatic heterocycles. The maximum absolute atomic E-state index is 13.4. The van der Waals surface area contributed by atoms with Crippen LogP contribution in [0.1, 0.15) is 18.1 Å². The first-order valence-corrected chi connectivity index (χ1v) is 8.95. The van der Waals surface area contributed by atoms with E-state index >= 15 is 0 Å². The molecule has 0 atom stereocenters. The number of hydrogen-bond acceptors (Lipinski definition) is 4. The fourth-order valence-corrected chi connectivity index (χ4v) is 3.77. The molecule has 0 saturated heterocycles. The molecular weight excluding hydrogens is 311 g/mol. The summed E-state index contributed by atoms with van der Waals surface area (Å²) in [6.45, 7) is 3.21. The lowest BCUT2D eigenvalue weighted by Crippen LogP contribution is -2.25. The Labute approximate surface area is 128 Å². The lowest BCUT2D eigenvalue weighted by molar-refractivity contribution is 0.573. The highest BCUT2D eigenvalue weighted by Gasteiger charge is 2.19. The van der Waals surface area contributed by atoms with Crippen LogP contribution >= 0.6 is 11.3 Å². The van der Waals surface area contributed by atoms with Gasteiger partial charge in [-0.05, 0) is 46.6 Å². The van der Waals surface area contributed by atoms with E-state index in [1.165, 1.54) is 23.5 Å². The van der Waals surface area contributed by atoms with Gasteiger partial charge in [0.1, 0.15) is 5.82 Å². The van der Waals surface area contributed by atoms with Crippen molar-refractivity contribution in [2.24, 2.45) is 0 Å². The Morgan fingerprint density at radius 3 is 2.71 bits per heavy atom. The second kappa shape index (κ2) is 7.13. The van der Waals surface area contributed by atoms with E-state index in [1.807, 2.05) is 23.8 Å². The Bertz CT molecular complexity index is 685. The van der Waals surface area contributed by atoms with Crippen LogP contribution < -0.4 is 10.0 Å². The molecular formula is C14H17FN2O2S2. The van der Waals surface area contributed by atoms with E-state index in [-0.39, 0.29) is 11.4 Å². The molecule has 21 heavy (non-hydrogen) atoms. The summed E-state index contributed by atoms with van der Waals surface area (Å²) in [5.74, 6) is -0.564. The molecule has 2 rings (SSSR count). The minimum Gasteiger partial charge on any atom is -0.313 e. The summed E-state index contributed by atoms with van der Waals surface area (Å²) >= 11 is 1.50. The average Bonchev–Trinajstić information content (AvgIpc) is 2.97. The van der Waals surface area contributed by atoms with Crippen molar-refractivity contribution in [3.8, 4) is 0 Å². The lowest BCUT2D eigenvalue weighted by atomic mass is 10.2. The number of thiophene rings is 1. The van der Waals surface area contributed by atoms with Crippen LogP contribution in [0.2, 0.25) is 0 Å². The van der Waals surface area contributed by atoms with Crippen LogP contribution in [0, 0.1) is 5.82 Å². The Balaban J connectivity index is 2.23. The van der Waals surface area contributed by atoms with Crippen LogP contribution in [-0.4, -0.2) is 15.0 Å². The summed E-state index contributed by atoms with van der Waals surface area (Å²) in [6, 6.07) is 5.67. The first-order valence-electron chi connectivity index (χ1n) is 6.53. The van der Waals surface area contributed by atoms with Crippen molar-refractivity contribution in [2.75, 3.05) is 6.54 Å². The summed E-state index contributed by atoms with van der Waals surface area (Å²) in [5.41, 5.74) is 1.43. The molecule has 2 aromatic rings. The van der Waals surface area contributed by atoms with Crippen LogP contribution in [-0.2, 0) is 23.1 Å². The molecule has 7 heteroatoms. The maximum Gasteiger partial charge on any atom is 0.241 e. The van der Waals surface area contributed by atoms with Gasteiger partial charge in [0.25, 0.3) is 0 Å². The van der Waals surface area contributed by atoms with E-state index in [0.29, 0.717) is 18.7 Å². The van der Waals surface area contributed by atoms with Crippen LogP contribution in [0.3, 0.4) is 0 Å². The van der Waals surface area contributed by atoms with Crippen molar-refractivity contribution in [1.82, 2.24) is 10.0 Å². The molecule has 114 valence electrons. The Kier molecular flexibility index (Phi) is 5.46. The van der Waals surface area contributed by atoms with Gasteiger partial charge in [0.2, 0.25) is 10.0 Å². The average molecular weight is 328 g/mol. The number of sulfonamides is 1. The second-order valence-electron chi connectivity index (χ2n) is 4.49. The SMILES string of the molecule is CCNCc1ccc(F)cc1S(=O)(=O)NCc1ccsc1. The molecule has 0 spiro atoms. The zero-order valence-electron chi connectivity index (χ0n) is 11.6. The summed E-state index contributed by atoms with van der Waals surface area (Å²) in [7, 11) is -3.75. The van der Waals surface area contributed by atoms with Crippen molar-refractivity contribution >= 4 is 21.4 Å². The third-order valence-electron chi connectivity index (χ3n) is 2.93. The monoisotopic (exact) mass is 328 g/mol. The van der Waals surface area contributed by atoms with E-state index < -0.39 is 15.8 Å². The quantitative estimate of drug-likeness (QED) is 0.821. The number of halogens is 1. The van der Waals surface area contributed by atoms with Gasteiger partial charge in [-0.2, -0.15) is 11.3 Å². The zero-order chi connectivity index (χ0) is 15.3. The first kappa shape index (κ1) is 16.1. The van der Waals surface area contributed by atoms with Crippen LogP contribution in [0.15, 0.2) is 39.9 Å². The molecule has 1 aromatic carbocycles. The Morgan fingerprint density at radius 2 is 2.05 bits per heavy atom. The predicted molar refractivity (Wildman–Crippen MR) is 82.1 cm³/mol. The first-order chi connectivity index (χ1) is 10.0. The standard InChI is InChI=1S/C14H17FN2O2S2/c1-2-16-9-12-3-4-13(15)7-14(12)21(18,19)17-8-11-5-6-20-10-11/h3-7,10,16-17H,2,8-9H2,1H3. The van der Waals surface area contributed by atoms with Crippen molar-refractivity contribution in [3.63, 3.8) is 0 Å². The molecule has 0 unspecified atom stereocenters. The maximum atomic E-state index is 13.4. The molecule has 1 heterocycles. The van der Waals surface area contributed by atoms with Gasteiger partial charge >= 0.3 is 0 Å². The van der Waals surface area contributed by atoms with E-state index in [0.717, 1.165) is 11.6 Å². The molecule has 0 aliphatic rings. The van der Waals surface area contributed by atoms with Crippen molar-refractivity contribution in [3.05, 3.63) is 52.0 Å². The molecule has 0 saturated carbocycles. The summed E-state index contributed by atoms with van der Waals surface area (Å²) in [6.07, 6.45) is 0. The van der Waals surface area contributed by atoms with E-state index in [2.05, 4.69) is 10.0 Å². The van der Waals surface area contributed by atoms with Gasteiger partial charge in [-0.1, -0.05) is 13.0 Å².